The number of benzene rings is 1. The zero-order valence-electron chi connectivity index (χ0n) is 14.9. The lowest BCUT2D eigenvalue weighted by Gasteiger charge is -2.12. The summed E-state index contributed by atoms with van der Waals surface area (Å²) in [5.41, 5.74) is -0.718. The number of esters is 1. The predicted molar refractivity (Wildman–Crippen MR) is 96.0 cm³/mol. The molecule has 0 fully saturated rings. The third kappa shape index (κ3) is 6.09. The molecule has 2 aromatic rings. The van der Waals surface area contributed by atoms with Crippen LogP contribution in [0.1, 0.15) is 24.0 Å². The molecule has 0 saturated carbocycles. The number of nitrogens with one attached hydrogen (secondary N) is 1. The Morgan fingerprint density at radius 1 is 1.07 bits per heavy atom. The standard InChI is InChI=1S/C18H20N2O8/c21-14(22)6-7-15(23)28-9-8-27-11-20-17(25)13(16(24)19-18(20)26)10-12-4-2-1-3-5-12/h1-5,25H,6-11H2,(H,21,22)(H,19,24,26). The number of nitrogens with zero attached hydrogens (tertiary/aromatic N) is 1. The Bertz CT molecular complexity index is 933. The summed E-state index contributed by atoms with van der Waals surface area (Å²) in [6.07, 6.45) is -0.452. The van der Waals surface area contributed by atoms with Gasteiger partial charge in [-0.15, -0.1) is 0 Å². The Balaban J connectivity index is 1.94. The van der Waals surface area contributed by atoms with Crippen molar-refractivity contribution in [3.8, 4) is 5.88 Å². The summed E-state index contributed by atoms with van der Waals surface area (Å²) in [4.78, 5) is 47.7. The summed E-state index contributed by atoms with van der Waals surface area (Å²) in [6.45, 7) is -0.595. The molecule has 28 heavy (non-hydrogen) atoms. The van der Waals surface area contributed by atoms with Crippen LogP contribution >= 0.6 is 0 Å². The van der Waals surface area contributed by atoms with Crippen LogP contribution in [0.4, 0.5) is 0 Å². The second kappa shape index (κ2) is 10.1. The van der Waals surface area contributed by atoms with E-state index in [-0.39, 0.29) is 44.8 Å². The Labute approximate surface area is 159 Å². The van der Waals surface area contributed by atoms with E-state index in [0.717, 1.165) is 10.1 Å². The fourth-order valence-electron chi connectivity index (χ4n) is 2.33. The lowest BCUT2D eigenvalue weighted by molar-refractivity contribution is -0.149. The van der Waals surface area contributed by atoms with Gasteiger partial charge in [0.05, 0.1) is 25.0 Å². The Morgan fingerprint density at radius 3 is 2.46 bits per heavy atom. The Hall–Kier alpha value is -3.40. The maximum absolute atomic E-state index is 12.0. The van der Waals surface area contributed by atoms with Crippen molar-refractivity contribution in [3.05, 3.63) is 62.3 Å². The maximum atomic E-state index is 12.0. The number of aromatic amines is 1. The third-order valence-corrected chi connectivity index (χ3v) is 3.74. The fraction of sp³-hybridized carbons (Fsp3) is 0.333. The topological polar surface area (TPSA) is 148 Å². The first-order valence-corrected chi connectivity index (χ1v) is 8.42. The minimum Gasteiger partial charge on any atom is -0.494 e. The van der Waals surface area contributed by atoms with Crippen LogP contribution in [0.3, 0.4) is 0 Å². The highest BCUT2D eigenvalue weighted by atomic mass is 16.6. The lowest BCUT2D eigenvalue weighted by atomic mass is 10.1. The molecular formula is C18H20N2O8. The number of carbonyl (C=O) groups is 2. The number of carboxylic acids is 1. The van der Waals surface area contributed by atoms with E-state index in [2.05, 4.69) is 4.98 Å². The van der Waals surface area contributed by atoms with Crippen LogP contribution in [0.15, 0.2) is 39.9 Å². The van der Waals surface area contributed by atoms with Gasteiger partial charge >= 0.3 is 17.6 Å². The van der Waals surface area contributed by atoms with Crippen molar-refractivity contribution < 1.29 is 29.3 Å². The maximum Gasteiger partial charge on any atom is 0.333 e. The van der Waals surface area contributed by atoms with Crippen molar-refractivity contribution in [2.75, 3.05) is 13.2 Å². The normalized spacial score (nSPS) is 10.6. The predicted octanol–water partition coefficient (Wildman–Crippen LogP) is 0.215. The summed E-state index contributed by atoms with van der Waals surface area (Å²) >= 11 is 0. The second-order valence-corrected chi connectivity index (χ2v) is 5.80. The summed E-state index contributed by atoms with van der Waals surface area (Å²) in [6, 6.07) is 8.96. The van der Waals surface area contributed by atoms with Crippen LogP contribution in [-0.2, 0) is 32.2 Å². The monoisotopic (exact) mass is 392 g/mol. The molecule has 10 heteroatoms. The first-order valence-electron chi connectivity index (χ1n) is 8.42. The van der Waals surface area contributed by atoms with E-state index >= 15 is 0 Å². The first kappa shape index (κ1) is 20.9. The van der Waals surface area contributed by atoms with Crippen LogP contribution in [0.2, 0.25) is 0 Å². The summed E-state index contributed by atoms with van der Waals surface area (Å²) in [5, 5.41) is 18.8. The molecule has 0 saturated heterocycles. The van der Waals surface area contributed by atoms with Gasteiger partial charge < -0.3 is 19.7 Å². The van der Waals surface area contributed by atoms with E-state index < -0.39 is 29.1 Å². The molecule has 0 aliphatic carbocycles. The van der Waals surface area contributed by atoms with E-state index in [1.165, 1.54) is 0 Å². The van der Waals surface area contributed by atoms with Crippen LogP contribution in [0.5, 0.6) is 5.88 Å². The number of aromatic nitrogens is 2. The number of hydrogen-bond donors (Lipinski definition) is 3. The molecule has 0 aliphatic heterocycles. The van der Waals surface area contributed by atoms with E-state index in [4.69, 9.17) is 14.6 Å². The minimum atomic E-state index is -1.10. The van der Waals surface area contributed by atoms with Gasteiger partial charge in [0, 0.05) is 6.42 Å². The summed E-state index contributed by atoms with van der Waals surface area (Å²) < 4.78 is 10.8. The van der Waals surface area contributed by atoms with Crippen LogP contribution in [0.25, 0.3) is 0 Å². The van der Waals surface area contributed by atoms with Gasteiger partial charge in [-0.2, -0.15) is 0 Å². The molecule has 1 aromatic heterocycles. The Morgan fingerprint density at radius 2 is 1.79 bits per heavy atom. The molecule has 0 spiro atoms. The number of aromatic hydroxyl groups is 1. The van der Waals surface area contributed by atoms with E-state index in [1.807, 2.05) is 6.07 Å². The van der Waals surface area contributed by atoms with E-state index in [0.29, 0.717) is 0 Å². The Kier molecular flexibility index (Phi) is 7.52. The van der Waals surface area contributed by atoms with Gasteiger partial charge in [-0.3, -0.25) is 19.4 Å². The molecule has 0 unspecified atom stereocenters. The molecule has 2 rings (SSSR count). The molecule has 150 valence electrons. The number of H-pyrrole nitrogens is 1. The molecule has 3 N–H and O–H groups in total. The van der Waals surface area contributed by atoms with Crippen molar-refractivity contribution in [2.45, 2.75) is 26.0 Å². The van der Waals surface area contributed by atoms with Gasteiger partial charge in [0.15, 0.2) is 0 Å². The molecule has 0 radical (unpaired) electrons. The van der Waals surface area contributed by atoms with Gasteiger partial charge in [0.2, 0.25) is 5.88 Å². The molecule has 0 bridgehead atoms. The summed E-state index contributed by atoms with van der Waals surface area (Å²) in [5.74, 6) is -2.29. The molecule has 1 aromatic carbocycles. The first-order chi connectivity index (χ1) is 13.4. The van der Waals surface area contributed by atoms with Crippen molar-refractivity contribution >= 4 is 11.9 Å². The van der Waals surface area contributed by atoms with Crippen LogP contribution in [-0.4, -0.2) is 44.9 Å². The number of carbonyl (C=O) groups excluding carboxylic acids is 1. The van der Waals surface area contributed by atoms with Gasteiger partial charge in [0.25, 0.3) is 5.56 Å². The molecule has 1 heterocycles. The fourth-order valence-corrected chi connectivity index (χ4v) is 2.33. The van der Waals surface area contributed by atoms with Crippen molar-refractivity contribution in [3.63, 3.8) is 0 Å². The number of hydrogen-bond acceptors (Lipinski definition) is 7. The zero-order valence-corrected chi connectivity index (χ0v) is 14.9. The second-order valence-electron chi connectivity index (χ2n) is 5.80. The molecule has 10 nitrogen and oxygen atoms in total. The zero-order chi connectivity index (χ0) is 20.5. The highest BCUT2D eigenvalue weighted by molar-refractivity contribution is 5.76. The van der Waals surface area contributed by atoms with Crippen molar-refractivity contribution in [1.82, 2.24) is 9.55 Å². The van der Waals surface area contributed by atoms with E-state index in [9.17, 15) is 24.3 Å². The van der Waals surface area contributed by atoms with E-state index in [1.54, 1.807) is 24.3 Å². The van der Waals surface area contributed by atoms with Gasteiger partial charge in [0.1, 0.15) is 13.3 Å². The molecule has 0 amide bonds. The van der Waals surface area contributed by atoms with Gasteiger partial charge in [-0.25, -0.2) is 9.36 Å². The third-order valence-electron chi connectivity index (χ3n) is 3.74. The highest BCUT2D eigenvalue weighted by Gasteiger charge is 2.15. The average molecular weight is 392 g/mol. The number of carboxylic acid groups (broad SMARTS) is 1. The largest absolute Gasteiger partial charge is 0.494 e. The average Bonchev–Trinajstić information content (AvgIpc) is 2.66. The molecular weight excluding hydrogens is 372 g/mol. The lowest BCUT2D eigenvalue weighted by Crippen LogP contribution is -2.33. The SMILES string of the molecule is O=C(O)CCC(=O)OCCOCn1c(O)c(Cc2ccccc2)c(=O)[nH]c1=O. The number of rotatable bonds is 10. The van der Waals surface area contributed by atoms with Gasteiger partial charge in [-0.05, 0) is 5.56 Å². The van der Waals surface area contributed by atoms with Crippen molar-refractivity contribution in [2.24, 2.45) is 0 Å². The number of ether oxygens (including phenoxy) is 2. The minimum absolute atomic E-state index is 0.0227. The summed E-state index contributed by atoms with van der Waals surface area (Å²) in [7, 11) is 0. The van der Waals surface area contributed by atoms with Crippen molar-refractivity contribution in [1.29, 1.82) is 0 Å². The molecule has 0 aliphatic rings. The smallest absolute Gasteiger partial charge is 0.333 e. The molecule has 0 atom stereocenters. The quantitative estimate of drug-likeness (QED) is 0.384. The van der Waals surface area contributed by atoms with Crippen LogP contribution in [0, 0.1) is 0 Å². The highest BCUT2D eigenvalue weighted by Crippen LogP contribution is 2.15. The van der Waals surface area contributed by atoms with Gasteiger partial charge in [-0.1, -0.05) is 30.3 Å². The number of aliphatic carboxylic acids is 1. The van der Waals surface area contributed by atoms with Crippen LogP contribution < -0.4 is 11.2 Å².